The number of hydrogen-bond acceptors (Lipinski definition) is 3. The summed E-state index contributed by atoms with van der Waals surface area (Å²) >= 11 is 0. The molecule has 4 heteroatoms. The third kappa shape index (κ3) is 2.30. The molecule has 1 saturated heterocycles. The number of nitrogens with one attached hydrogen (secondary N) is 1. The maximum Gasteiger partial charge on any atom is 0.224 e. The molecule has 0 aromatic heterocycles. The minimum absolute atomic E-state index is 0.0392. The first-order valence-electron chi connectivity index (χ1n) is 8.09. The van der Waals surface area contributed by atoms with E-state index in [4.69, 9.17) is 0 Å². The van der Waals surface area contributed by atoms with Crippen molar-refractivity contribution in [1.29, 1.82) is 0 Å². The molecule has 1 fully saturated rings. The molecule has 0 radical (unpaired) electrons. The summed E-state index contributed by atoms with van der Waals surface area (Å²) in [6, 6.07) is 17.7. The van der Waals surface area contributed by atoms with Gasteiger partial charge in [0.15, 0.2) is 0 Å². The number of nitrogens with zero attached hydrogens (tertiary/aromatic N) is 1. The van der Waals surface area contributed by atoms with Crippen LogP contribution in [0.1, 0.15) is 29.6 Å². The predicted octanol–water partition coefficient (Wildman–Crippen LogP) is 2.74. The van der Waals surface area contributed by atoms with Crippen LogP contribution in [0.4, 0.5) is 5.69 Å². The zero-order valence-corrected chi connectivity index (χ0v) is 12.9. The molecule has 1 amide bonds. The zero-order chi connectivity index (χ0) is 15.8. The van der Waals surface area contributed by atoms with Gasteiger partial charge in [-0.3, -0.25) is 4.79 Å². The van der Waals surface area contributed by atoms with Gasteiger partial charge in [-0.1, -0.05) is 48.5 Å². The molecule has 2 aromatic rings. The summed E-state index contributed by atoms with van der Waals surface area (Å²) in [5.41, 5.74) is 3.24. The number of hydrogen-bond donors (Lipinski definition) is 2. The number of likely N-dealkylation sites (tertiary alicyclic amines) is 1. The fourth-order valence-electron chi connectivity index (χ4n) is 3.96. The van der Waals surface area contributed by atoms with Crippen LogP contribution >= 0.6 is 0 Å². The molecule has 4 rings (SSSR count). The van der Waals surface area contributed by atoms with Crippen LogP contribution in [0.15, 0.2) is 54.6 Å². The third-order valence-electron chi connectivity index (χ3n) is 5.00. The van der Waals surface area contributed by atoms with E-state index in [1.165, 1.54) is 0 Å². The maximum absolute atomic E-state index is 12.7. The van der Waals surface area contributed by atoms with E-state index in [-0.39, 0.29) is 30.5 Å². The average molecular weight is 308 g/mol. The Morgan fingerprint density at radius 1 is 1.13 bits per heavy atom. The number of fused-ring (bicyclic) bond motifs is 3. The van der Waals surface area contributed by atoms with Gasteiger partial charge in [-0.05, 0) is 17.2 Å². The van der Waals surface area contributed by atoms with Gasteiger partial charge in [0.25, 0.3) is 0 Å². The van der Waals surface area contributed by atoms with Gasteiger partial charge in [0.05, 0.1) is 18.7 Å². The Morgan fingerprint density at radius 2 is 1.87 bits per heavy atom. The molecule has 0 spiro atoms. The van der Waals surface area contributed by atoms with Crippen molar-refractivity contribution in [3.63, 3.8) is 0 Å². The zero-order valence-electron chi connectivity index (χ0n) is 12.9. The van der Waals surface area contributed by atoms with E-state index in [1.807, 2.05) is 47.4 Å². The molecule has 2 aliphatic heterocycles. The molecule has 3 atom stereocenters. The topological polar surface area (TPSA) is 52.6 Å². The molecule has 2 N–H and O–H groups in total. The first-order chi connectivity index (χ1) is 11.3. The molecule has 2 heterocycles. The van der Waals surface area contributed by atoms with Crippen molar-refractivity contribution < 1.29 is 9.90 Å². The van der Waals surface area contributed by atoms with Crippen molar-refractivity contribution >= 4 is 11.6 Å². The summed E-state index contributed by atoms with van der Waals surface area (Å²) in [6.07, 6.45) is 0.537. The number of para-hydroxylation sites is 1. The maximum atomic E-state index is 12.7. The Morgan fingerprint density at radius 3 is 2.65 bits per heavy atom. The minimum atomic E-state index is -0.287. The molecule has 4 nitrogen and oxygen atoms in total. The first kappa shape index (κ1) is 14.3. The molecule has 0 bridgehead atoms. The standard InChI is InChI=1S/C19H20N2O2/c22-12-17(13-6-2-1-3-7-13)21-18(23)10-14-11-20-16-9-5-4-8-15(16)19(14)21/h1-9,14,17,19-20,22H,10-12H2/t14-,17-,19-/m0/s1. The monoisotopic (exact) mass is 308 g/mol. The van der Waals surface area contributed by atoms with Crippen LogP contribution in [-0.4, -0.2) is 29.1 Å². The summed E-state index contributed by atoms with van der Waals surface area (Å²) < 4.78 is 0. The normalized spacial score (nSPS) is 23.9. The molecule has 23 heavy (non-hydrogen) atoms. The van der Waals surface area contributed by atoms with E-state index in [0.29, 0.717) is 6.42 Å². The van der Waals surface area contributed by atoms with Gasteiger partial charge in [0.1, 0.15) is 0 Å². The van der Waals surface area contributed by atoms with Crippen molar-refractivity contribution in [2.24, 2.45) is 5.92 Å². The van der Waals surface area contributed by atoms with Gasteiger partial charge in [-0.2, -0.15) is 0 Å². The SMILES string of the molecule is O=C1C[C@H]2CNc3ccccc3[C@H]2N1[C@@H](CO)c1ccccc1. The quantitative estimate of drug-likeness (QED) is 0.917. The van der Waals surface area contributed by atoms with Crippen molar-refractivity contribution in [3.05, 3.63) is 65.7 Å². The Kier molecular flexibility index (Phi) is 3.54. The van der Waals surface area contributed by atoms with Gasteiger partial charge >= 0.3 is 0 Å². The summed E-state index contributed by atoms with van der Waals surface area (Å²) in [7, 11) is 0. The van der Waals surface area contributed by atoms with Gasteiger partial charge < -0.3 is 15.3 Å². The van der Waals surface area contributed by atoms with Gasteiger partial charge in [0.2, 0.25) is 5.91 Å². The third-order valence-corrected chi connectivity index (χ3v) is 5.00. The lowest BCUT2D eigenvalue weighted by atomic mass is 9.88. The highest BCUT2D eigenvalue weighted by atomic mass is 16.3. The van der Waals surface area contributed by atoms with Crippen LogP contribution in [0.5, 0.6) is 0 Å². The van der Waals surface area contributed by atoms with Crippen molar-refractivity contribution in [2.45, 2.75) is 18.5 Å². The number of anilines is 1. The highest BCUT2D eigenvalue weighted by Gasteiger charge is 2.46. The van der Waals surface area contributed by atoms with Crippen molar-refractivity contribution in [2.75, 3.05) is 18.5 Å². The molecular formula is C19H20N2O2. The number of rotatable bonds is 3. The van der Waals surface area contributed by atoms with Crippen LogP contribution < -0.4 is 5.32 Å². The molecule has 2 aliphatic rings. The average Bonchev–Trinajstić information content (AvgIpc) is 2.93. The smallest absolute Gasteiger partial charge is 0.224 e. The predicted molar refractivity (Wildman–Crippen MR) is 88.9 cm³/mol. The highest BCUT2D eigenvalue weighted by Crippen LogP contribution is 2.47. The van der Waals surface area contributed by atoms with Crippen LogP contribution in [-0.2, 0) is 4.79 Å². The second-order valence-electron chi connectivity index (χ2n) is 6.29. The van der Waals surface area contributed by atoms with E-state index in [0.717, 1.165) is 23.4 Å². The number of carbonyl (C=O) groups excluding carboxylic acids is 1. The number of amides is 1. The lowest BCUT2D eigenvalue weighted by Crippen LogP contribution is -2.37. The first-order valence-corrected chi connectivity index (χ1v) is 8.09. The Bertz CT molecular complexity index is 716. The molecule has 2 aromatic carbocycles. The number of benzene rings is 2. The largest absolute Gasteiger partial charge is 0.394 e. The number of aliphatic hydroxyl groups excluding tert-OH is 1. The lowest BCUT2D eigenvalue weighted by Gasteiger charge is -2.38. The Balaban J connectivity index is 1.77. The van der Waals surface area contributed by atoms with E-state index >= 15 is 0 Å². The van der Waals surface area contributed by atoms with E-state index in [1.54, 1.807) is 0 Å². The van der Waals surface area contributed by atoms with Gasteiger partial charge in [0, 0.05) is 24.6 Å². The summed E-state index contributed by atoms with van der Waals surface area (Å²) in [5, 5.41) is 13.4. The van der Waals surface area contributed by atoms with E-state index in [2.05, 4.69) is 17.4 Å². The second kappa shape index (κ2) is 5.70. The van der Waals surface area contributed by atoms with Crippen LogP contribution in [0, 0.1) is 5.92 Å². The molecule has 0 aliphatic carbocycles. The van der Waals surface area contributed by atoms with Gasteiger partial charge in [-0.15, -0.1) is 0 Å². The summed E-state index contributed by atoms with van der Waals surface area (Å²) in [5.74, 6) is 0.386. The molecule has 118 valence electrons. The summed E-state index contributed by atoms with van der Waals surface area (Å²) in [4.78, 5) is 14.6. The lowest BCUT2D eigenvalue weighted by molar-refractivity contribution is -0.132. The minimum Gasteiger partial charge on any atom is -0.394 e. The van der Waals surface area contributed by atoms with Crippen LogP contribution in [0.2, 0.25) is 0 Å². The molecule has 0 saturated carbocycles. The van der Waals surface area contributed by atoms with E-state index in [9.17, 15) is 9.90 Å². The highest BCUT2D eigenvalue weighted by molar-refractivity contribution is 5.81. The fraction of sp³-hybridized carbons (Fsp3) is 0.316. The van der Waals surface area contributed by atoms with Gasteiger partial charge in [-0.25, -0.2) is 0 Å². The Labute approximate surface area is 135 Å². The summed E-state index contributed by atoms with van der Waals surface area (Å²) in [6.45, 7) is 0.741. The second-order valence-corrected chi connectivity index (χ2v) is 6.29. The van der Waals surface area contributed by atoms with Crippen LogP contribution in [0.25, 0.3) is 0 Å². The molecule has 0 unspecified atom stereocenters. The Hall–Kier alpha value is -2.33. The molecular weight excluding hydrogens is 288 g/mol. The van der Waals surface area contributed by atoms with Crippen LogP contribution in [0.3, 0.4) is 0 Å². The number of carbonyl (C=O) groups is 1. The number of aliphatic hydroxyl groups is 1. The van der Waals surface area contributed by atoms with E-state index < -0.39 is 0 Å². The van der Waals surface area contributed by atoms with Crippen molar-refractivity contribution in [3.8, 4) is 0 Å². The van der Waals surface area contributed by atoms with Crippen molar-refractivity contribution in [1.82, 2.24) is 4.90 Å². The fourth-order valence-corrected chi connectivity index (χ4v) is 3.96.